The average Bonchev–Trinajstić information content (AvgIpc) is 2.45. The fraction of sp³-hybridized carbons (Fsp3) is 0.429. The summed E-state index contributed by atoms with van der Waals surface area (Å²) < 4.78 is 9.97. The first-order valence-corrected chi connectivity index (χ1v) is 6.39. The van der Waals surface area contributed by atoms with Crippen LogP contribution in [0.4, 0.5) is 10.5 Å². The van der Waals surface area contributed by atoms with Crippen LogP contribution in [0.25, 0.3) is 0 Å². The number of anilines is 1. The largest absolute Gasteiger partial charge is 0.497 e. The average molecular weight is 296 g/mol. The minimum Gasteiger partial charge on any atom is -0.497 e. The fourth-order valence-corrected chi connectivity index (χ4v) is 1.71. The van der Waals surface area contributed by atoms with Crippen molar-refractivity contribution < 1.29 is 24.2 Å². The van der Waals surface area contributed by atoms with Crippen LogP contribution in [0.5, 0.6) is 5.75 Å². The molecule has 0 spiro atoms. The number of hydrogen-bond donors (Lipinski definition) is 2. The predicted molar refractivity (Wildman–Crippen MR) is 77.8 cm³/mol. The molecule has 1 aromatic rings. The lowest BCUT2D eigenvalue weighted by atomic mass is 10.2. The number of nitrogens with one attached hydrogen (secondary N) is 1. The van der Waals surface area contributed by atoms with Crippen LogP contribution in [0.3, 0.4) is 0 Å². The number of carbonyl (C=O) groups is 2. The number of carbonyl (C=O) groups excluding carboxylic acids is 1. The first-order valence-electron chi connectivity index (χ1n) is 6.39. The van der Waals surface area contributed by atoms with Crippen molar-refractivity contribution in [3.8, 4) is 5.75 Å². The number of carboxylic acids is 1. The maximum atomic E-state index is 12.1. The molecule has 0 atom stereocenters. The maximum Gasteiger partial charge on any atom is 0.323 e. The summed E-state index contributed by atoms with van der Waals surface area (Å²) in [6, 6.07) is 4.73. The molecule has 1 rings (SSSR count). The molecule has 0 heterocycles. The Labute approximate surface area is 123 Å². The topological polar surface area (TPSA) is 88.1 Å². The molecule has 0 aliphatic heterocycles. The summed E-state index contributed by atoms with van der Waals surface area (Å²) >= 11 is 0. The van der Waals surface area contributed by atoms with Gasteiger partial charge in [0.05, 0.1) is 13.7 Å². The number of nitrogens with zero attached hydrogens (tertiary/aromatic N) is 1. The number of ether oxygens (including phenoxy) is 2. The summed E-state index contributed by atoms with van der Waals surface area (Å²) in [5, 5.41) is 11.5. The SMILES string of the molecule is COCCN(CC(=O)O)C(=O)Nc1ccc(OC)cc1C. The van der Waals surface area contributed by atoms with E-state index in [0.717, 1.165) is 5.56 Å². The van der Waals surface area contributed by atoms with Gasteiger partial charge in [-0.25, -0.2) is 4.79 Å². The zero-order chi connectivity index (χ0) is 15.8. The van der Waals surface area contributed by atoms with Crippen molar-refractivity contribution in [2.45, 2.75) is 6.92 Å². The first kappa shape index (κ1) is 16.8. The first-order chi connectivity index (χ1) is 9.97. The molecule has 21 heavy (non-hydrogen) atoms. The van der Waals surface area contributed by atoms with E-state index < -0.39 is 12.0 Å². The van der Waals surface area contributed by atoms with Gasteiger partial charge in [-0.3, -0.25) is 4.79 Å². The van der Waals surface area contributed by atoms with E-state index >= 15 is 0 Å². The van der Waals surface area contributed by atoms with Crippen molar-refractivity contribution in [2.24, 2.45) is 0 Å². The van der Waals surface area contributed by atoms with Gasteiger partial charge in [-0.05, 0) is 30.7 Å². The molecule has 0 radical (unpaired) electrons. The summed E-state index contributed by atoms with van der Waals surface area (Å²) in [5.74, 6) is -0.389. The van der Waals surface area contributed by atoms with Crippen molar-refractivity contribution in [3.05, 3.63) is 23.8 Å². The Morgan fingerprint density at radius 1 is 1.33 bits per heavy atom. The van der Waals surface area contributed by atoms with Gasteiger partial charge in [0.2, 0.25) is 0 Å². The number of rotatable bonds is 7. The second-order valence-corrected chi connectivity index (χ2v) is 4.42. The molecule has 2 N–H and O–H groups in total. The van der Waals surface area contributed by atoms with E-state index in [9.17, 15) is 9.59 Å². The van der Waals surface area contributed by atoms with Crippen LogP contribution in [-0.2, 0) is 9.53 Å². The maximum absolute atomic E-state index is 12.1. The predicted octanol–water partition coefficient (Wildman–Crippen LogP) is 1.57. The third-order valence-electron chi connectivity index (χ3n) is 2.85. The molecule has 0 saturated heterocycles. The molecule has 0 bridgehead atoms. The van der Waals surface area contributed by atoms with Gasteiger partial charge in [0, 0.05) is 19.3 Å². The lowest BCUT2D eigenvalue weighted by molar-refractivity contribution is -0.137. The standard InChI is InChI=1S/C14H20N2O5/c1-10-8-11(21-3)4-5-12(10)15-14(19)16(6-7-20-2)9-13(17)18/h4-5,8H,6-7,9H2,1-3H3,(H,15,19)(H,17,18). The van der Waals surface area contributed by atoms with Crippen LogP contribution < -0.4 is 10.1 Å². The molecule has 0 aliphatic rings. The highest BCUT2D eigenvalue weighted by atomic mass is 16.5. The van der Waals surface area contributed by atoms with Crippen LogP contribution in [0, 0.1) is 6.92 Å². The molecule has 7 heteroatoms. The molecule has 2 amide bonds. The number of amides is 2. The highest BCUT2D eigenvalue weighted by molar-refractivity contribution is 5.92. The van der Waals surface area contributed by atoms with E-state index in [-0.39, 0.29) is 19.7 Å². The minimum atomic E-state index is -1.08. The van der Waals surface area contributed by atoms with Crippen molar-refractivity contribution in [1.82, 2.24) is 4.90 Å². The van der Waals surface area contributed by atoms with Crippen molar-refractivity contribution >= 4 is 17.7 Å². The minimum absolute atomic E-state index is 0.198. The number of methoxy groups -OCH3 is 2. The monoisotopic (exact) mass is 296 g/mol. The molecule has 0 fully saturated rings. The lowest BCUT2D eigenvalue weighted by Crippen LogP contribution is -2.40. The van der Waals surface area contributed by atoms with Crippen molar-refractivity contribution in [2.75, 3.05) is 39.2 Å². The van der Waals surface area contributed by atoms with Crippen LogP contribution in [0.1, 0.15) is 5.56 Å². The Morgan fingerprint density at radius 3 is 2.57 bits per heavy atom. The number of benzene rings is 1. The molecule has 0 aromatic heterocycles. The van der Waals surface area contributed by atoms with E-state index in [1.807, 2.05) is 6.92 Å². The Bertz CT molecular complexity index is 504. The van der Waals surface area contributed by atoms with E-state index in [2.05, 4.69) is 5.32 Å². The molecule has 0 unspecified atom stereocenters. The highest BCUT2D eigenvalue weighted by Gasteiger charge is 2.17. The molecular weight excluding hydrogens is 276 g/mol. The second kappa shape index (κ2) is 8.11. The van der Waals surface area contributed by atoms with E-state index in [0.29, 0.717) is 11.4 Å². The summed E-state index contributed by atoms with van der Waals surface area (Å²) in [4.78, 5) is 24.1. The lowest BCUT2D eigenvalue weighted by Gasteiger charge is -2.21. The Morgan fingerprint density at radius 2 is 2.05 bits per heavy atom. The van der Waals surface area contributed by atoms with Gasteiger partial charge in [-0.2, -0.15) is 0 Å². The Hall–Kier alpha value is -2.28. The van der Waals surface area contributed by atoms with E-state index in [4.69, 9.17) is 14.6 Å². The molecule has 7 nitrogen and oxygen atoms in total. The van der Waals surface area contributed by atoms with Gasteiger partial charge in [-0.15, -0.1) is 0 Å². The third kappa shape index (κ3) is 5.31. The van der Waals surface area contributed by atoms with Crippen molar-refractivity contribution in [3.63, 3.8) is 0 Å². The summed E-state index contributed by atoms with van der Waals surface area (Å²) in [7, 11) is 3.05. The summed E-state index contributed by atoms with van der Waals surface area (Å²) in [6.45, 7) is 1.91. The number of aryl methyl sites for hydroxylation is 1. The molecular formula is C14H20N2O5. The van der Waals surface area contributed by atoms with Gasteiger partial charge in [-0.1, -0.05) is 0 Å². The quantitative estimate of drug-likeness (QED) is 0.797. The van der Waals surface area contributed by atoms with Gasteiger partial charge in [0.25, 0.3) is 0 Å². The number of aliphatic carboxylic acids is 1. The zero-order valence-corrected chi connectivity index (χ0v) is 12.4. The van der Waals surface area contributed by atoms with Crippen LogP contribution >= 0.6 is 0 Å². The van der Waals surface area contributed by atoms with Crippen LogP contribution in [-0.4, -0.2) is 55.9 Å². The van der Waals surface area contributed by atoms with E-state index in [1.54, 1.807) is 25.3 Å². The molecule has 1 aromatic carbocycles. The Balaban J connectivity index is 2.77. The zero-order valence-electron chi connectivity index (χ0n) is 12.4. The molecule has 0 aliphatic carbocycles. The van der Waals surface area contributed by atoms with Gasteiger partial charge in [0.1, 0.15) is 12.3 Å². The summed E-state index contributed by atoms with van der Waals surface area (Å²) in [5.41, 5.74) is 1.43. The number of urea groups is 1. The third-order valence-corrected chi connectivity index (χ3v) is 2.85. The Kier molecular flexibility index (Phi) is 6.48. The van der Waals surface area contributed by atoms with E-state index in [1.165, 1.54) is 12.0 Å². The van der Waals surface area contributed by atoms with Crippen LogP contribution in [0.15, 0.2) is 18.2 Å². The second-order valence-electron chi connectivity index (χ2n) is 4.42. The molecule has 0 saturated carbocycles. The number of carboxylic acid groups (broad SMARTS) is 1. The van der Waals surface area contributed by atoms with Crippen LogP contribution in [0.2, 0.25) is 0 Å². The molecule has 116 valence electrons. The number of hydrogen-bond acceptors (Lipinski definition) is 4. The normalized spacial score (nSPS) is 10.0. The smallest absolute Gasteiger partial charge is 0.323 e. The van der Waals surface area contributed by atoms with Gasteiger partial charge in [0.15, 0.2) is 0 Å². The van der Waals surface area contributed by atoms with Gasteiger partial charge < -0.3 is 24.8 Å². The van der Waals surface area contributed by atoms with Gasteiger partial charge >= 0.3 is 12.0 Å². The summed E-state index contributed by atoms with van der Waals surface area (Å²) in [6.07, 6.45) is 0. The highest BCUT2D eigenvalue weighted by Crippen LogP contribution is 2.21. The van der Waals surface area contributed by atoms with Crippen molar-refractivity contribution in [1.29, 1.82) is 0 Å². The fourth-order valence-electron chi connectivity index (χ4n) is 1.71.